The van der Waals surface area contributed by atoms with Crippen molar-refractivity contribution < 1.29 is 46.9 Å². The second-order valence-electron chi connectivity index (χ2n) is 12.0. The van der Waals surface area contributed by atoms with Crippen molar-refractivity contribution in [2.45, 2.75) is 58.0 Å². The van der Waals surface area contributed by atoms with Gasteiger partial charge in [-0.3, -0.25) is 4.79 Å². The zero-order valence-corrected chi connectivity index (χ0v) is 27.5. The summed E-state index contributed by atoms with van der Waals surface area (Å²) >= 11 is 6.24. The Kier molecular flexibility index (Phi) is 9.91. The van der Waals surface area contributed by atoms with Crippen molar-refractivity contribution in [3.63, 3.8) is 0 Å². The number of carbonyl (C=O) groups excluding carboxylic acids is 1. The van der Waals surface area contributed by atoms with E-state index in [1.165, 1.54) is 51.2 Å². The average molecular weight is 678 g/mol. The predicted molar refractivity (Wildman–Crippen MR) is 171 cm³/mol. The first-order valence-corrected chi connectivity index (χ1v) is 14.7. The molecule has 0 saturated carbocycles. The first-order chi connectivity index (χ1) is 21.8. The number of carboxylic acids is 1. The number of hydrogen-bond acceptors (Lipinski definition) is 8. The number of methoxy groups -OCH3 is 2. The van der Waals surface area contributed by atoms with Gasteiger partial charge in [0.2, 0.25) is 5.60 Å². The number of rotatable bonds is 11. The fourth-order valence-corrected chi connectivity index (χ4v) is 5.23. The Bertz CT molecular complexity index is 1710. The quantitative estimate of drug-likeness (QED) is 0.160. The Morgan fingerprint density at radius 3 is 2.34 bits per heavy atom. The van der Waals surface area contributed by atoms with E-state index in [4.69, 9.17) is 25.9 Å². The molecule has 0 aliphatic carbocycles. The zero-order chi connectivity index (χ0) is 34.9. The van der Waals surface area contributed by atoms with Gasteiger partial charge >= 0.3 is 12.3 Å². The first-order valence-electron chi connectivity index (χ1n) is 14.3. The van der Waals surface area contributed by atoms with Crippen LogP contribution in [0.3, 0.4) is 0 Å². The molecule has 47 heavy (non-hydrogen) atoms. The number of fused-ring (bicyclic) bond motifs is 1. The molecular formula is C33H35ClF3N3O7. The van der Waals surface area contributed by atoms with E-state index in [1.54, 1.807) is 43.3 Å². The van der Waals surface area contributed by atoms with Crippen LogP contribution in [0.25, 0.3) is 0 Å². The number of benzene rings is 3. The molecule has 1 unspecified atom stereocenters. The average Bonchev–Trinajstić information content (AvgIpc) is 3.26. The summed E-state index contributed by atoms with van der Waals surface area (Å²) in [7, 11) is 2.88. The molecule has 1 atom stereocenters. The predicted octanol–water partition coefficient (Wildman–Crippen LogP) is 7.34. The number of nitrogens with zero attached hydrogens (tertiary/aromatic N) is 2. The van der Waals surface area contributed by atoms with E-state index in [0.717, 1.165) is 0 Å². The van der Waals surface area contributed by atoms with E-state index in [9.17, 15) is 27.9 Å². The molecule has 1 aliphatic heterocycles. The molecule has 0 radical (unpaired) electrons. The third-order valence-electron chi connectivity index (χ3n) is 7.59. The van der Waals surface area contributed by atoms with Gasteiger partial charge < -0.3 is 34.4 Å². The van der Waals surface area contributed by atoms with Crippen LogP contribution in [0.4, 0.5) is 24.5 Å². The highest BCUT2D eigenvalue weighted by atomic mass is 35.5. The third-order valence-corrected chi connectivity index (χ3v) is 7.83. The normalized spacial score (nSPS) is 15.0. The van der Waals surface area contributed by atoms with Gasteiger partial charge in [0.25, 0.3) is 5.91 Å². The third kappa shape index (κ3) is 8.02. The highest BCUT2D eigenvalue weighted by molar-refractivity contribution is 6.30. The summed E-state index contributed by atoms with van der Waals surface area (Å²) in [6.45, 7) is 8.27. The molecule has 0 aromatic heterocycles. The van der Waals surface area contributed by atoms with E-state index in [1.807, 2.05) is 13.8 Å². The standard InChI is InChI=1S/C33H35ClF3N3O7/c1-18(39-47-32(4,5)30(42)43)19-12-21(15-23(13-19)44-6)38-28(24-10-8-20(34)14-27(24)45-7)29(41)40-17-31(2,3)25-11-9-22(16-26(25)40)46-33(35,36)37/h8-16,28,38H,17H2,1-7H3,(H,42,43). The number of ether oxygens (including phenoxy) is 3. The summed E-state index contributed by atoms with van der Waals surface area (Å²) < 4.78 is 54.6. The minimum absolute atomic E-state index is 0.163. The fraction of sp³-hybridized carbons (Fsp3) is 0.364. The molecule has 252 valence electrons. The maximum absolute atomic E-state index is 14.6. The second kappa shape index (κ2) is 13.2. The topological polar surface area (TPSA) is 119 Å². The molecule has 4 rings (SSSR count). The number of aliphatic carboxylic acids is 1. The molecule has 3 aromatic rings. The van der Waals surface area contributed by atoms with Crippen LogP contribution < -0.4 is 24.4 Å². The molecule has 1 heterocycles. The second-order valence-corrected chi connectivity index (χ2v) is 12.5. The van der Waals surface area contributed by atoms with Crippen molar-refractivity contribution in [3.05, 3.63) is 76.3 Å². The maximum Gasteiger partial charge on any atom is 0.573 e. The molecule has 1 aliphatic rings. The van der Waals surface area contributed by atoms with Crippen LogP contribution in [0, 0.1) is 0 Å². The lowest BCUT2D eigenvalue weighted by Gasteiger charge is -2.28. The van der Waals surface area contributed by atoms with Crippen LogP contribution in [0.5, 0.6) is 17.2 Å². The Morgan fingerprint density at radius 1 is 1.02 bits per heavy atom. The number of oxime groups is 1. The van der Waals surface area contributed by atoms with E-state index < -0.39 is 41.0 Å². The number of halogens is 4. The smallest absolute Gasteiger partial charge is 0.497 e. The molecule has 0 fully saturated rings. The number of anilines is 2. The molecule has 0 spiro atoms. The minimum Gasteiger partial charge on any atom is -0.497 e. The lowest BCUT2D eigenvalue weighted by Crippen LogP contribution is -2.40. The lowest BCUT2D eigenvalue weighted by molar-refractivity contribution is -0.274. The lowest BCUT2D eigenvalue weighted by atomic mass is 9.87. The van der Waals surface area contributed by atoms with Gasteiger partial charge in [-0.05, 0) is 56.7 Å². The summed E-state index contributed by atoms with van der Waals surface area (Å²) in [4.78, 5) is 32.8. The molecule has 0 bridgehead atoms. The van der Waals surface area contributed by atoms with Gasteiger partial charge in [0.1, 0.15) is 23.3 Å². The highest BCUT2D eigenvalue weighted by Gasteiger charge is 2.42. The van der Waals surface area contributed by atoms with Gasteiger partial charge in [0.05, 0.1) is 25.6 Å². The van der Waals surface area contributed by atoms with Crippen molar-refractivity contribution in [2.75, 3.05) is 31.0 Å². The molecule has 0 saturated heterocycles. The zero-order valence-electron chi connectivity index (χ0n) is 26.8. The number of carboxylic acid groups (broad SMARTS) is 1. The molecular weight excluding hydrogens is 643 g/mol. The van der Waals surface area contributed by atoms with Gasteiger partial charge in [-0.2, -0.15) is 0 Å². The minimum atomic E-state index is -4.92. The van der Waals surface area contributed by atoms with Crippen LogP contribution in [-0.2, 0) is 19.8 Å². The summed E-state index contributed by atoms with van der Waals surface area (Å²) in [6, 6.07) is 12.5. The molecule has 14 heteroatoms. The first kappa shape index (κ1) is 35.2. The fourth-order valence-electron chi connectivity index (χ4n) is 5.07. The van der Waals surface area contributed by atoms with Gasteiger partial charge in [-0.15, -0.1) is 13.2 Å². The monoisotopic (exact) mass is 677 g/mol. The summed E-state index contributed by atoms with van der Waals surface area (Å²) in [5.74, 6) is -1.48. The van der Waals surface area contributed by atoms with E-state index in [2.05, 4.69) is 15.2 Å². The molecule has 10 nitrogen and oxygen atoms in total. The highest BCUT2D eigenvalue weighted by Crippen LogP contribution is 2.45. The number of hydrogen-bond donors (Lipinski definition) is 2. The summed E-state index contributed by atoms with van der Waals surface area (Å²) in [5, 5.41) is 17.0. The number of nitrogens with one attached hydrogen (secondary N) is 1. The number of amides is 1. The molecule has 2 N–H and O–H groups in total. The van der Waals surface area contributed by atoms with E-state index in [-0.39, 0.29) is 12.2 Å². The van der Waals surface area contributed by atoms with Crippen LogP contribution in [0.1, 0.15) is 57.4 Å². The summed E-state index contributed by atoms with van der Waals surface area (Å²) in [5.41, 5.74) is 0.359. The Balaban J connectivity index is 1.81. The van der Waals surface area contributed by atoms with Crippen LogP contribution >= 0.6 is 11.6 Å². The van der Waals surface area contributed by atoms with Gasteiger partial charge in [0.15, 0.2) is 0 Å². The molecule has 3 aromatic carbocycles. The Labute approximate surface area is 275 Å². The number of carbonyl (C=O) groups is 2. The summed E-state index contributed by atoms with van der Waals surface area (Å²) in [6.07, 6.45) is -4.92. The van der Waals surface area contributed by atoms with E-state index in [0.29, 0.717) is 44.6 Å². The van der Waals surface area contributed by atoms with Crippen molar-refractivity contribution in [1.82, 2.24) is 0 Å². The van der Waals surface area contributed by atoms with E-state index >= 15 is 0 Å². The van der Waals surface area contributed by atoms with Crippen molar-refractivity contribution in [3.8, 4) is 17.2 Å². The van der Waals surface area contributed by atoms with Gasteiger partial charge in [-0.25, -0.2) is 4.79 Å². The van der Waals surface area contributed by atoms with Gasteiger partial charge in [-0.1, -0.05) is 42.7 Å². The van der Waals surface area contributed by atoms with Crippen LogP contribution in [0.15, 0.2) is 59.8 Å². The van der Waals surface area contributed by atoms with Crippen molar-refractivity contribution >= 4 is 40.6 Å². The SMILES string of the molecule is COc1cc(NC(C(=O)N2CC(C)(C)c3ccc(OC(F)(F)F)cc32)c2ccc(Cl)cc2OC)cc(C(C)=NOC(C)(C)C(=O)O)c1. The molecule has 1 amide bonds. The largest absolute Gasteiger partial charge is 0.573 e. The van der Waals surface area contributed by atoms with Gasteiger partial charge in [0, 0.05) is 45.9 Å². The number of alkyl halides is 3. The van der Waals surface area contributed by atoms with Crippen molar-refractivity contribution in [1.29, 1.82) is 0 Å². The maximum atomic E-state index is 14.6. The van der Waals surface area contributed by atoms with Crippen molar-refractivity contribution in [2.24, 2.45) is 5.16 Å². The van der Waals surface area contributed by atoms with Crippen LogP contribution in [-0.4, -0.2) is 55.4 Å². The van der Waals surface area contributed by atoms with Crippen LogP contribution in [0.2, 0.25) is 5.02 Å². The Morgan fingerprint density at radius 2 is 1.72 bits per heavy atom. The Hall–Kier alpha value is -4.65.